The summed E-state index contributed by atoms with van der Waals surface area (Å²) in [6.07, 6.45) is 0. The van der Waals surface area contributed by atoms with E-state index in [1.807, 2.05) is 48.5 Å². The van der Waals surface area contributed by atoms with Gasteiger partial charge >= 0.3 is 0 Å². The number of para-hydroxylation sites is 2. The van der Waals surface area contributed by atoms with E-state index in [1.165, 1.54) is 11.5 Å². The molecule has 94 valence electrons. The average Bonchev–Trinajstić information content (AvgIpc) is 2.82. The maximum absolute atomic E-state index is 12.1. The Balaban J connectivity index is 2.14. The number of hydrogen-bond acceptors (Lipinski definition) is 3. The summed E-state index contributed by atoms with van der Waals surface area (Å²) in [4.78, 5) is 13.0. The van der Waals surface area contributed by atoms with Crippen LogP contribution in [-0.2, 0) is 0 Å². The van der Waals surface area contributed by atoms with Gasteiger partial charge in [0.1, 0.15) is 0 Å². The minimum absolute atomic E-state index is 0.0539. The monoisotopic (exact) mass is 268 g/mol. The molecule has 2 aromatic carbocycles. The molecule has 19 heavy (non-hydrogen) atoms. The summed E-state index contributed by atoms with van der Waals surface area (Å²) < 4.78 is 1.62. The van der Waals surface area contributed by atoms with Crippen molar-refractivity contribution >= 4 is 17.2 Å². The van der Waals surface area contributed by atoms with Crippen molar-refractivity contribution < 1.29 is 0 Å². The van der Waals surface area contributed by atoms with Crippen LogP contribution in [0.3, 0.4) is 0 Å². The van der Waals surface area contributed by atoms with E-state index < -0.39 is 0 Å². The van der Waals surface area contributed by atoms with Crippen LogP contribution in [0.5, 0.6) is 0 Å². The molecule has 0 saturated heterocycles. The van der Waals surface area contributed by atoms with Crippen LogP contribution < -0.4 is 11.3 Å². The Hall–Kier alpha value is -2.33. The minimum atomic E-state index is -0.0539. The molecule has 0 aliphatic rings. The first-order valence-corrected chi connectivity index (χ1v) is 6.67. The summed E-state index contributed by atoms with van der Waals surface area (Å²) in [6, 6.07) is 18.9. The van der Waals surface area contributed by atoms with Gasteiger partial charge in [-0.1, -0.05) is 54.0 Å². The van der Waals surface area contributed by atoms with Crippen LogP contribution in [0.4, 0.5) is 5.69 Å². The highest BCUT2D eigenvalue weighted by Crippen LogP contribution is 2.26. The zero-order valence-electron chi connectivity index (χ0n) is 10.1. The molecule has 2 N–H and O–H groups in total. The molecule has 3 aromatic rings. The molecule has 0 atom stereocenters. The smallest absolute Gasteiger partial charge is 0.265 e. The molecule has 4 heteroatoms. The second-order valence-electron chi connectivity index (χ2n) is 4.16. The van der Waals surface area contributed by atoms with Crippen molar-refractivity contribution in [2.24, 2.45) is 0 Å². The maximum atomic E-state index is 12.1. The van der Waals surface area contributed by atoms with Crippen molar-refractivity contribution in [1.82, 2.24) is 3.96 Å². The molecular formula is C15H12N2OS. The summed E-state index contributed by atoms with van der Waals surface area (Å²) in [6.45, 7) is 0. The first kappa shape index (κ1) is 11.7. The van der Waals surface area contributed by atoms with Crippen LogP contribution in [0.15, 0.2) is 65.5 Å². The first-order chi connectivity index (χ1) is 9.25. The van der Waals surface area contributed by atoms with E-state index in [-0.39, 0.29) is 5.56 Å². The predicted molar refractivity (Wildman–Crippen MR) is 79.8 cm³/mol. The van der Waals surface area contributed by atoms with Gasteiger partial charge in [-0.05, 0) is 17.7 Å². The van der Waals surface area contributed by atoms with Gasteiger partial charge in [-0.25, -0.2) is 3.96 Å². The third-order valence-electron chi connectivity index (χ3n) is 2.86. The van der Waals surface area contributed by atoms with Gasteiger partial charge in [0, 0.05) is 6.07 Å². The topological polar surface area (TPSA) is 48.0 Å². The summed E-state index contributed by atoms with van der Waals surface area (Å²) in [5, 5.41) is 0. The number of aromatic nitrogens is 1. The van der Waals surface area contributed by atoms with Gasteiger partial charge < -0.3 is 5.73 Å². The fourth-order valence-electron chi connectivity index (χ4n) is 1.92. The van der Waals surface area contributed by atoms with Crippen LogP contribution in [0.25, 0.3) is 16.1 Å². The number of rotatable bonds is 2. The zero-order chi connectivity index (χ0) is 13.2. The van der Waals surface area contributed by atoms with Gasteiger partial charge in [0.05, 0.1) is 16.3 Å². The van der Waals surface area contributed by atoms with E-state index in [9.17, 15) is 4.79 Å². The summed E-state index contributed by atoms with van der Waals surface area (Å²) in [5.41, 5.74) is 8.24. The molecular weight excluding hydrogens is 256 g/mol. The molecule has 0 aliphatic heterocycles. The molecule has 0 fully saturated rings. The fraction of sp³-hybridized carbons (Fsp3) is 0. The molecule has 0 radical (unpaired) electrons. The normalized spacial score (nSPS) is 10.5. The van der Waals surface area contributed by atoms with Crippen molar-refractivity contribution in [1.29, 1.82) is 0 Å². The van der Waals surface area contributed by atoms with E-state index in [0.717, 1.165) is 16.1 Å². The number of nitrogens with zero attached hydrogens (tertiary/aromatic N) is 1. The lowest BCUT2D eigenvalue weighted by Crippen LogP contribution is -2.10. The number of hydrogen-bond donors (Lipinski definition) is 1. The fourth-order valence-corrected chi connectivity index (χ4v) is 2.92. The molecule has 0 aliphatic carbocycles. The van der Waals surface area contributed by atoms with Crippen molar-refractivity contribution in [3.63, 3.8) is 0 Å². The lowest BCUT2D eigenvalue weighted by Gasteiger charge is -2.03. The Labute approximate surface area is 114 Å². The summed E-state index contributed by atoms with van der Waals surface area (Å²) >= 11 is 1.40. The third kappa shape index (κ3) is 2.18. The quantitative estimate of drug-likeness (QED) is 0.726. The van der Waals surface area contributed by atoms with E-state index in [1.54, 1.807) is 16.1 Å². The Bertz CT molecular complexity index is 759. The maximum Gasteiger partial charge on any atom is 0.265 e. The molecule has 0 spiro atoms. The second kappa shape index (κ2) is 4.74. The van der Waals surface area contributed by atoms with Crippen LogP contribution in [-0.4, -0.2) is 3.96 Å². The molecule has 0 saturated carbocycles. The molecule has 3 nitrogen and oxygen atoms in total. The molecule has 0 amide bonds. The van der Waals surface area contributed by atoms with E-state index in [4.69, 9.17) is 5.73 Å². The van der Waals surface area contributed by atoms with E-state index >= 15 is 0 Å². The Kier molecular flexibility index (Phi) is 2.93. The van der Waals surface area contributed by atoms with Crippen LogP contribution in [0, 0.1) is 0 Å². The van der Waals surface area contributed by atoms with Gasteiger partial charge in [0.15, 0.2) is 0 Å². The van der Waals surface area contributed by atoms with Crippen molar-refractivity contribution in [3.05, 3.63) is 71.0 Å². The number of nitrogen functional groups attached to an aromatic ring is 1. The Morgan fingerprint density at radius 2 is 1.63 bits per heavy atom. The molecule has 0 unspecified atom stereocenters. The third-order valence-corrected chi connectivity index (χ3v) is 3.97. The lowest BCUT2D eigenvalue weighted by atomic mass is 10.2. The van der Waals surface area contributed by atoms with Gasteiger partial charge in [-0.3, -0.25) is 4.79 Å². The van der Waals surface area contributed by atoms with E-state index in [2.05, 4.69) is 0 Å². The van der Waals surface area contributed by atoms with E-state index in [0.29, 0.717) is 5.69 Å². The largest absolute Gasteiger partial charge is 0.397 e. The highest BCUT2D eigenvalue weighted by Gasteiger charge is 2.09. The predicted octanol–water partition coefficient (Wildman–Crippen LogP) is 3.15. The van der Waals surface area contributed by atoms with Crippen LogP contribution in [0.1, 0.15) is 0 Å². The van der Waals surface area contributed by atoms with Gasteiger partial charge in [0.25, 0.3) is 5.56 Å². The van der Waals surface area contributed by atoms with Gasteiger partial charge in [0.2, 0.25) is 0 Å². The zero-order valence-corrected chi connectivity index (χ0v) is 10.9. The second-order valence-corrected chi connectivity index (χ2v) is 5.14. The van der Waals surface area contributed by atoms with Crippen LogP contribution in [0.2, 0.25) is 0 Å². The summed E-state index contributed by atoms with van der Waals surface area (Å²) in [7, 11) is 0. The van der Waals surface area contributed by atoms with Crippen molar-refractivity contribution in [3.8, 4) is 16.1 Å². The van der Waals surface area contributed by atoms with Crippen molar-refractivity contribution in [2.45, 2.75) is 0 Å². The van der Waals surface area contributed by atoms with Crippen LogP contribution >= 0.6 is 11.5 Å². The van der Waals surface area contributed by atoms with Crippen molar-refractivity contribution in [2.75, 3.05) is 5.73 Å². The first-order valence-electron chi connectivity index (χ1n) is 5.89. The SMILES string of the molecule is Nc1ccccc1-n1sc(-c2ccccc2)cc1=O. The molecule has 3 rings (SSSR count). The minimum Gasteiger partial charge on any atom is -0.397 e. The molecule has 1 aromatic heterocycles. The Morgan fingerprint density at radius 1 is 0.947 bits per heavy atom. The number of anilines is 1. The number of nitrogens with two attached hydrogens (primary N) is 1. The summed E-state index contributed by atoms with van der Waals surface area (Å²) in [5.74, 6) is 0. The number of benzene rings is 2. The van der Waals surface area contributed by atoms with Gasteiger partial charge in [-0.15, -0.1) is 0 Å². The molecule has 0 bridgehead atoms. The van der Waals surface area contributed by atoms with Gasteiger partial charge in [-0.2, -0.15) is 0 Å². The molecule has 1 heterocycles. The highest BCUT2D eigenvalue weighted by atomic mass is 32.1. The highest BCUT2D eigenvalue weighted by molar-refractivity contribution is 7.10. The lowest BCUT2D eigenvalue weighted by molar-refractivity contribution is 1.14. The standard InChI is InChI=1S/C15H12N2OS/c16-12-8-4-5-9-13(12)17-15(18)10-14(19-17)11-6-2-1-3-7-11/h1-10H,16H2. The Morgan fingerprint density at radius 3 is 2.37 bits per heavy atom. The average molecular weight is 268 g/mol.